The topological polar surface area (TPSA) is 70.2 Å². The summed E-state index contributed by atoms with van der Waals surface area (Å²) in [4.78, 5) is 3.09. The van der Waals surface area contributed by atoms with Crippen molar-refractivity contribution >= 4 is 61.5 Å². The van der Waals surface area contributed by atoms with Crippen LogP contribution in [0, 0.1) is 0 Å². The second-order valence-corrected chi connectivity index (χ2v) is 5.27. The standard InChI is InChI=1S/C12H9NO3S.Na.H/c14-17(15,16)8-5-6-12-10(7-8)9-3-1-2-4-11(9)13-12;;/h1-7,13H,(H,14,15,16);;. The third-order valence-electron chi connectivity index (χ3n) is 2.78. The zero-order valence-electron chi connectivity index (χ0n) is 8.71. The number of aromatic nitrogens is 1. The molecule has 0 saturated heterocycles. The number of aromatic amines is 1. The molecule has 3 rings (SSSR count). The van der Waals surface area contributed by atoms with E-state index in [-0.39, 0.29) is 34.5 Å². The van der Waals surface area contributed by atoms with Crippen molar-refractivity contribution < 1.29 is 13.0 Å². The van der Waals surface area contributed by atoms with Crippen molar-refractivity contribution in [2.75, 3.05) is 0 Å². The van der Waals surface area contributed by atoms with E-state index in [0.717, 1.165) is 21.8 Å². The quantitative estimate of drug-likeness (QED) is 0.524. The Hall–Kier alpha value is -0.850. The average molecular weight is 271 g/mol. The fraction of sp³-hybridized carbons (Fsp3) is 0. The molecule has 0 saturated carbocycles. The molecule has 0 amide bonds. The van der Waals surface area contributed by atoms with Crippen LogP contribution in [-0.2, 0) is 10.1 Å². The monoisotopic (exact) mass is 271 g/mol. The Labute approximate surface area is 126 Å². The molecule has 0 radical (unpaired) electrons. The summed E-state index contributed by atoms with van der Waals surface area (Å²) in [5.74, 6) is 0. The number of benzene rings is 2. The number of H-pyrrole nitrogens is 1. The molecule has 0 aliphatic heterocycles. The van der Waals surface area contributed by atoms with Gasteiger partial charge in [-0.3, -0.25) is 4.55 Å². The maximum absolute atomic E-state index is 11.1. The van der Waals surface area contributed by atoms with Crippen LogP contribution in [0.15, 0.2) is 47.4 Å². The normalized spacial score (nSPS) is 11.6. The summed E-state index contributed by atoms with van der Waals surface area (Å²) in [6.45, 7) is 0. The Morgan fingerprint density at radius 3 is 2.33 bits per heavy atom. The molecule has 0 aliphatic rings. The summed E-state index contributed by atoms with van der Waals surface area (Å²) in [6.07, 6.45) is 0. The molecule has 1 aromatic heterocycles. The molecule has 6 heteroatoms. The van der Waals surface area contributed by atoms with Crippen molar-refractivity contribution in [2.45, 2.75) is 4.90 Å². The van der Waals surface area contributed by atoms with Crippen molar-refractivity contribution in [2.24, 2.45) is 0 Å². The molecule has 2 aromatic carbocycles. The van der Waals surface area contributed by atoms with Gasteiger partial charge in [0.1, 0.15) is 0 Å². The number of fused-ring (bicyclic) bond motifs is 3. The third kappa shape index (κ3) is 2.20. The molecule has 0 spiro atoms. The van der Waals surface area contributed by atoms with Crippen molar-refractivity contribution in [3.63, 3.8) is 0 Å². The first-order valence-corrected chi connectivity index (χ1v) is 6.48. The van der Waals surface area contributed by atoms with Crippen molar-refractivity contribution in [1.82, 2.24) is 4.98 Å². The third-order valence-corrected chi connectivity index (χ3v) is 3.63. The van der Waals surface area contributed by atoms with Crippen LogP contribution in [0.25, 0.3) is 21.8 Å². The van der Waals surface area contributed by atoms with Gasteiger partial charge in [-0.25, -0.2) is 0 Å². The van der Waals surface area contributed by atoms with Gasteiger partial charge >= 0.3 is 29.6 Å². The Bertz CT molecular complexity index is 824. The van der Waals surface area contributed by atoms with Gasteiger partial charge in [-0.2, -0.15) is 8.42 Å². The summed E-state index contributed by atoms with van der Waals surface area (Å²) in [5, 5.41) is 1.73. The van der Waals surface area contributed by atoms with Crippen LogP contribution in [0.1, 0.15) is 0 Å². The van der Waals surface area contributed by atoms with Gasteiger partial charge in [0.2, 0.25) is 0 Å². The summed E-state index contributed by atoms with van der Waals surface area (Å²) >= 11 is 0. The van der Waals surface area contributed by atoms with Gasteiger partial charge in [-0.1, -0.05) is 18.2 Å². The number of hydrogen-bond donors (Lipinski definition) is 2. The van der Waals surface area contributed by atoms with Crippen LogP contribution in [0.4, 0.5) is 0 Å². The SMILES string of the molecule is O=S(=O)(O)c1ccc2[nH]c3ccccc3c2c1.[NaH]. The number of rotatable bonds is 1. The molecule has 0 bridgehead atoms. The van der Waals surface area contributed by atoms with E-state index in [1.54, 1.807) is 6.07 Å². The predicted octanol–water partition coefficient (Wildman–Crippen LogP) is 1.92. The summed E-state index contributed by atoms with van der Waals surface area (Å²) < 4.78 is 31.2. The number of para-hydroxylation sites is 1. The molecule has 0 unspecified atom stereocenters. The molecular formula is C12H10NNaO3S. The first-order valence-electron chi connectivity index (χ1n) is 5.04. The van der Waals surface area contributed by atoms with Crippen molar-refractivity contribution in [3.05, 3.63) is 42.5 Å². The predicted molar refractivity (Wildman–Crippen MR) is 72.8 cm³/mol. The molecule has 18 heavy (non-hydrogen) atoms. The van der Waals surface area contributed by atoms with E-state index >= 15 is 0 Å². The molecule has 88 valence electrons. The van der Waals surface area contributed by atoms with Crippen LogP contribution in [0.5, 0.6) is 0 Å². The zero-order chi connectivity index (χ0) is 12.0. The van der Waals surface area contributed by atoms with Gasteiger partial charge in [0.05, 0.1) is 4.90 Å². The first-order chi connectivity index (χ1) is 8.05. The van der Waals surface area contributed by atoms with Gasteiger partial charge in [0.15, 0.2) is 0 Å². The van der Waals surface area contributed by atoms with Crippen LogP contribution in [0.2, 0.25) is 0 Å². The second kappa shape index (κ2) is 4.68. The summed E-state index contributed by atoms with van der Waals surface area (Å²) in [6, 6.07) is 12.1. The van der Waals surface area contributed by atoms with E-state index < -0.39 is 10.1 Å². The second-order valence-electron chi connectivity index (χ2n) is 3.85. The van der Waals surface area contributed by atoms with Crippen molar-refractivity contribution in [3.8, 4) is 0 Å². The fourth-order valence-corrected chi connectivity index (χ4v) is 2.49. The van der Waals surface area contributed by atoms with Crippen molar-refractivity contribution in [1.29, 1.82) is 0 Å². The first kappa shape index (κ1) is 13.6. The Morgan fingerprint density at radius 2 is 1.61 bits per heavy atom. The van der Waals surface area contributed by atoms with E-state index in [1.165, 1.54) is 12.1 Å². The molecule has 0 fully saturated rings. The molecule has 3 aromatic rings. The van der Waals surface area contributed by atoms with Gasteiger partial charge in [-0.15, -0.1) is 0 Å². The van der Waals surface area contributed by atoms with Crippen LogP contribution < -0.4 is 0 Å². The zero-order valence-corrected chi connectivity index (χ0v) is 9.53. The van der Waals surface area contributed by atoms with Gasteiger partial charge in [0, 0.05) is 21.8 Å². The van der Waals surface area contributed by atoms with Gasteiger partial charge < -0.3 is 4.98 Å². The van der Waals surface area contributed by atoms with Crippen LogP contribution >= 0.6 is 0 Å². The van der Waals surface area contributed by atoms with E-state index in [2.05, 4.69) is 4.98 Å². The van der Waals surface area contributed by atoms with E-state index in [1.807, 2.05) is 24.3 Å². The molecule has 1 heterocycles. The number of hydrogen-bond acceptors (Lipinski definition) is 2. The molecule has 0 aliphatic carbocycles. The van der Waals surface area contributed by atoms with E-state index in [0.29, 0.717) is 0 Å². The fourth-order valence-electron chi connectivity index (χ4n) is 1.99. The van der Waals surface area contributed by atoms with Crippen LogP contribution in [0.3, 0.4) is 0 Å². The van der Waals surface area contributed by atoms with E-state index in [4.69, 9.17) is 4.55 Å². The summed E-state index contributed by atoms with van der Waals surface area (Å²) in [7, 11) is -4.15. The molecule has 0 atom stereocenters. The molecule has 2 N–H and O–H groups in total. The maximum atomic E-state index is 11.1. The Kier molecular flexibility index (Phi) is 3.53. The van der Waals surface area contributed by atoms with Crippen LogP contribution in [-0.4, -0.2) is 47.5 Å². The number of nitrogens with one attached hydrogen (secondary N) is 1. The average Bonchev–Trinajstić information content (AvgIpc) is 2.65. The molecule has 4 nitrogen and oxygen atoms in total. The van der Waals surface area contributed by atoms with Gasteiger partial charge in [0.25, 0.3) is 10.1 Å². The minimum atomic E-state index is -4.15. The Morgan fingerprint density at radius 1 is 0.944 bits per heavy atom. The molecular weight excluding hydrogens is 261 g/mol. The minimum absolute atomic E-state index is 0. The van der Waals surface area contributed by atoms with E-state index in [9.17, 15) is 8.42 Å². The summed E-state index contributed by atoms with van der Waals surface area (Å²) in [5.41, 5.74) is 1.79. The Balaban J connectivity index is 0.00000120. The van der Waals surface area contributed by atoms with Gasteiger partial charge in [-0.05, 0) is 24.3 Å².